The van der Waals surface area contributed by atoms with E-state index in [4.69, 9.17) is 9.47 Å². The maximum atomic E-state index is 14.1. The van der Waals surface area contributed by atoms with Gasteiger partial charge in [-0.2, -0.15) is 0 Å². The molecule has 0 radical (unpaired) electrons. The normalized spacial score (nSPS) is 22.2. The molecular formula is C40H55N5O7. The number of fused-ring (bicyclic) bond motifs is 1. The third kappa shape index (κ3) is 9.00. The highest BCUT2D eigenvalue weighted by Gasteiger charge is 2.37. The second kappa shape index (κ2) is 17.0. The van der Waals surface area contributed by atoms with Gasteiger partial charge in [0.15, 0.2) is 6.10 Å². The molecule has 52 heavy (non-hydrogen) atoms. The number of carbonyl (C=O) groups excluding carboxylic acids is 4. The van der Waals surface area contributed by atoms with E-state index in [2.05, 4.69) is 10.2 Å². The number of nitrogens with one attached hydrogen (secondary N) is 1. The number of rotatable bonds is 9. The summed E-state index contributed by atoms with van der Waals surface area (Å²) >= 11 is 0. The SMILES string of the molecule is CCOC(=O)C[C@H]1CC[C@H](N2CCN(C(=O)[C@@H](Cc3cc(C)c(O)c(C)c3)OC(=O)N3CCC(N4CCc5ccccc5NC4=O)CC3)CC2)CC1. The van der Waals surface area contributed by atoms with Gasteiger partial charge in [-0.1, -0.05) is 30.3 Å². The Kier molecular flexibility index (Phi) is 12.2. The molecule has 12 nitrogen and oxygen atoms in total. The van der Waals surface area contributed by atoms with Crippen LogP contribution in [-0.4, -0.2) is 119 Å². The van der Waals surface area contributed by atoms with Gasteiger partial charge in [0.1, 0.15) is 5.75 Å². The van der Waals surface area contributed by atoms with Crippen LogP contribution in [0, 0.1) is 19.8 Å². The third-order valence-corrected chi connectivity index (χ3v) is 11.5. The number of esters is 1. The highest BCUT2D eigenvalue weighted by molar-refractivity contribution is 5.91. The fourth-order valence-electron chi connectivity index (χ4n) is 8.53. The van der Waals surface area contributed by atoms with E-state index in [1.165, 1.54) is 0 Å². The number of nitrogens with zero attached hydrogens (tertiary/aromatic N) is 4. The van der Waals surface area contributed by atoms with Crippen LogP contribution in [0.2, 0.25) is 0 Å². The van der Waals surface area contributed by atoms with Gasteiger partial charge in [0.2, 0.25) is 0 Å². The molecule has 4 aliphatic rings. The number of phenolic OH excluding ortho intramolecular Hbond substituents is 1. The Morgan fingerprint density at radius 3 is 2.21 bits per heavy atom. The number of hydrogen-bond acceptors (Lipinski definition) is 8. The molecule has 2 aromatic rings. The van der Waals surface area contributed by atoms with Crippen molar-refractivity contribution in [1.29, 1.82) is 0 Å². The number of carbonyl (C=O) groups is 4. The summed E-state index contributed by atoms with van der Waals surface area (Å²) in [6, 6.07) is 11.9. The highest BCUT2D eigenvalue weighted by Crippen LogP contribution is 2.31. The van der Waals surface area contributed by atoms with Gasteiger partial charge in [0, 0.05) is 76.4 Å². The fourth-order valence-corrected chi connectivity index (χ4v) is 8.53. The Labute approximate surface area is 307 Å². The zero-order chi connectivity index (χ0) is 36.8. The molecule has 4 amide bonds. The maximum absolute atomic E-state index is 14.1. The summed E-state index contributed by atoms with van der Waals surface area (Å²) in [7, 11) is 0. The lowest BCUT2D eigenvalue weighted by atomic mass is 9.83. The summed E-state index contributed by atoms with van der Waals surface area (Å²) in [6.45, 7) is 9.98. The van der Waals surface area contributed by atoms with Gasteiger partial charge >= 0.3 is 18.1 Å². The monoisotopic (exact) mass is 717 g/mol. The van der Waals surface area contributed by atoms with Gasteiger partial charge in [-0.15, -0.1) is 0 Å². The summed E-state index contributed by atoms with van der Waals surface area (Å²) in [5.41, 5.74) is 4.21. The van der Waals surface area contributed by atoms with E-state index in [0.29, 0.717) is 81.7 Å². The largest absolute Gasteiger partial charge is 0.507 e. The molecule has 3 aliphatic heterocycles. The first-order valence-electron chi connectivity index (χ1n) is 19.2. The fraction of sp³-hybridized carbons (Fsp3) is 0.600. The molecule has 282 valence electrons. The van der Waals surface area contributed by atoms with E-state index in [1.807, 2.05) is 67.0 Å². The number of likely N-dealkylation sites (tertiary alicyclic amines) is 1. The van der Waals surface area contributed by atoms with Gasteiger partial charge in [0.25, 0.3) is 5.91 Å². The van der Waals surface area contributed by atoms with Crippen molar-refractivity contribution in [1.82, 2.24) is 19.6 Å². The van der Waals surface area contributed by atoms with Crippen molar-refractivity contribution in [3.8, 4) is 5.75 Å². The number of phenols is 1. The minimum absolute atomic E-state index is 0.00245. The van der Waals surface area contributed by atoms with Gasteiger partial charge in [-0.05, 0) is 100.0 Å². The lowest BCUT2D eigenvalue weighted by Gasteiger charge is -2.42. The van der Waals surface area contributed by atoms with Crippen molar-refractivity contribution in [2.45, 2.75) is 96.7 Å². The van der Waals surface area contributed by atoms with Crippen LogP contribution in [0.4, 0.5) is 15.3 Å². The van der Waals surface area contributed by atoms with Gasteiger partial charge < -0.3 is 34.6 Å². The zero-order valence-corrected chi connectivity index (χ0v) is 31.0. The standard InChI is InChI=1S/C40H55N5O7/c1-4-51-36(46)26-29-9-11-32(12-10-29)42-19-21-43(22-20-42)38(48)35(25-30-23-27(2)37(47)28(3)24-30)52-40(50)44-16-14-33(15-17-44)45-18-13-31-7-5-6-8-34(31)41-39(45)49/h5-8,23-24,29,32-33,35,47H,4,9-22,25-26H2,1-3H3,(H,41,49)/t29-,32-,35-/m1/s1. The highest BCUT2D eigenvalue weighted by atomic mass is 16.6. The first-order chi connectivity index (χ1) is 25.1. The van der Waals surface area contributed by atoms with E-state index < -0.39 is 12.2 Å². The molecule has 1 aliphatic carbocycles. The molecule has 3 heterocycles. The van der Waals surface area contributed by atoms with E-state index in [9.17, 15) is 24.3 Å². The van der Waals surface area contributed by atoms with Crippen LogP contribution in [0.25, 0.3) is 0 Å². The Bertz CT molecular complexity index is 1570. The summed E-state index contributed by atoms with van der Waals surface area (Å²) in [5.74, 6) is 0.284. The van der Waals surface area contributed by atoms with Crippen LogP contribution >= 0.6 is 0 Å². The molecule has 1 saturated carbocycles. The van der Waals surface area contributed by atoms with Crippen molar-refractivity contribution in [2.75, 3.05) is 57.7 Å². The van der Waals surface area contributed by atoms with Crippen LogP contribution < -0.4 is 5.32 Å². The van der Waals surface area contributed by atoms with Crippen molar-refractivity contribution in [2.24, 2.45) is 5.92 Å². The molecule has 3 fully saturated rings. The topological polar surface area (TPSA) is 132 Å². The van der Waals surface area contributed by atoms with Gasteiger partial charge in [-0.3, -0.25) is 14.5 Å². The number of aryl methyl sites for hydroxylation is 2. The summed E-state index contributed by atoms with van der Waals surface area (Å²) in [5, 5.41) is 13.4. The van der Waals surface area contributed by atoms with Gasteiger partial charge in [0.05, 0.1) is 6.61 Å². The van der Waals surface area contributed by atoms with Crippen LogP contribution in [-0.2, 0) is 31.9 Å². The molecule has 0 spiro atoms. The van der Waals surface area contributed by atoms with Crippen LogP contribution in [0.3, 0.4) is 0 Å². The van der Waals surface area contributed by atoms with Crippen molar-refractivity contribution in [3.05, 3.63) is 58.7 Å². The molecule has 2 N–H and O–H groups in total. The summed E-state index contributed by atoms with van der Waals surface area (Å²) < 4.78 is 11.2. The predicted octanol–water partition coefficient (Wildman–Crippen LogP) is 5.27. The molecule has 12 heteroatoms. The maximum Gasteiger partial charge on any atom is 0.410 e. The molecule has 0 aromatic heterocycles. The Hall–Kier alpha value is -4.32. The van der Waals surface area contributed by atoms with E-state index in [1.54, 1.807) is 4.90 Å². The van der Waals surface area contributed by atoms with Crippen LogP contribution in [0.5, 0.6) is 5.75 Å². The molecule has 2 saturated heterocycles. The number of benzene rings is 2. The molecule has 2 aromatic carbocycles. The van der Waals surface area contributed by atoms with Crippen molar-refractivity contribution in [3.63, 3.8) is 0 Å². The lowest BCUT2D eigenvalue weighted by Crippen LogP contribution is -2.55. The summed E-state index contributed by atoms with van der Waals surface area (Å²) in [4.78, 5) is 60.7. The van der Waals surface area contributed by atoms with Crippen molar-refractivity contribution >= 4 is 29.7 Å². The van der Waals surface area contributed by atoms with E-state index in [0.717, 1.165) is 62.0 Å². The number of hydrogen-bond donors (Lipinski definition) is 2. The van der Waals surface area contributed by atoms with E-state index in [-0.39, 0.29) is 36.1 Å². The van der Waals surface area contributed by atoms with E-state index >= 15 is 0 Å². The smallest absolute Gasteiger partial charge is 0.410 e. The molecule has 0 bridgehead atoms. The Morgan fingerprint density at radius 1 is 0.865 bits per heavy atom. The second-order valence-corrected chi connectivity index (χ2v) is 14.9. The minimum atomic E-state index is -1.01. The number of urea groups is 1. The number of piperazine rings is 1. The Balaban J connectivity index is 1.05. The first-order valence-corrected chi connectivity index (χ1v) is 19.2. The van der Waals surface area contributed by atoms with Gasteiger partial charge in [-0.25, -0.2) is 9.59 Å². The number of anilines is 1. The average molecular weight is 718 g/mol. The van der Waals surface area contributed by atoms with Crippen LogP contribution in [0.15, 0.2) is 36.4 Å². The van der Waals surface area contributed by atoms with Crippen molar-refractivity contribution < 1.29 is 33.8 Å². The second-order valence-electron chi connectivity index (χ2n) is 14.9. The Morgan fingerprint density at radius 2 is 1.54 bits per heavy atom. The average Bonchev–Trinajstić information content (AvgIpc) is 3.31. The first kappa shape index (κ1) is 37.4. The number of para-hydroxylation sites is 1. The molecule has 0 unspecified atom stereocenters. The number of amides is 4. The minimum Gasteiger partial charge on any atom is -0.507 e. The van der Waals surface area contributed by atoms with Crippen LogP contribution in [0.1, 0.15) is 74.1 Å². The zero-order valence-electron chi connectivity index (χ0n) is 31.0. The molecular weight excluding hydrogens is 662 g/mol. The molecule has 6 rings (SSSR count). The molecule has 1 atom stereocenters. The summed E-state index contributed by atoms with van der Waals surface area (Å²) in [6.07, 6.45) is 5.27. The number of piperidine rings is 1. The number of ether oxygens (including phenoxy) is 2. The predicted molar refractivity (Wildman–Crippen MR) is 197 cm³/mol. The number of aromatic hydroxyl groups is 1. The lowest BCUT2D eigenvalue weighted by molar-refractivity contribution is -0.144. The quantitative estimate of drug-likeness (QED) is 0.336. The third-order valence-electron chi connectivity index (χ3n) is 11.5.